The highest BCUT2D eigenvalue weighted by Crippen LogP contribution is 2.05. The lowest BCUT2D eigenvalue weighted by atomic mass is 10.0. The third-order valence-electron chi connectivity index (χ3n) is 1.56. The molecule has 0 saturated carbocycles. The Hall–Kier alpha value is -1.73. The Morgan fingerprint density at radius 3 is 1.65 bits per heavy atom. The van der Waals surface area contributed by atoms with Gasteiger partial charge in [-0.15, -0.1) is 0 Å². The van der Waals surface area contributed by atoms with E-state index in [0.29, 0.717) is 0 Å². The summed E-state index contributed by atoms with van der Waals surface area (Å²) >= 11 is 0. The van der Waals surface area contributed by atoms with Gasteiger partial charge in [0.05, 0.1) is 13.2 Å². The molecule has 7 heteroatoms. The van der Waals surface area contributed by atoms with Gasteiger partial charge in [0, 0.05) is 5.57 Å². The number of aliphatic hydroxyl groups is 2. The van der Waals surface area contributed by atoms with Gasteiger partial charge in [-0.3, -0.25) is 9.59 Å². The maximum absolute atomic E-state index is 10.7. The maximum Gasteiger partial charge on any atom is 0.330 e. The number of carbonyl (C=O) groups is 3. The van der Waals surface area contributed by atoms with E-state index in [0.717, 1.165) is 13.0 Å². The fourth-order valence-corrected chi connectivity index (χ4v) is 0.684. The van der Waals surface area contributed by atoms with Crippen LogP contribution in [0.25, 0.3) is 0 Å². The van der Waals surface area contributed by atoms with Gasteiger partial charge in [0.2, 0.25) is 0 Å². The smallest absolute Gasteiger partial charge is 0.330 e. The van der Waals surface area contributed by atoms with Crippen LogP contribution in [0.1, 0.15) is 13.8 Å². The molecule has 0 aliphatic carbocycles. The van der Waals surface area contributed by atoms with Crippen LogP contribution in [0, 0.1) is 5.92 Å². The molecule has 0 saturated heterocycles. The van der Waals surface area contributed by atoms with Crippen molar-refractivity contribution in [3.8, 4) is 0 Å². The van der Waals surface area contributed by atoms with Crippen LogP contribution in [0.2, 0.25) is 0 Å². The Kier molecular flexibility index (Phi) is 9.86. The van der Waals surface area contributed by atoms with Crippen LogP contribution in [0.15, 0.2) is 11.6 Å². The number of carbonyl (C=O) groups excluding carboxylic acids is 1. The summed E-state index contributed by atoms with van der Waals surface area (Å²) in [5, 5.41) is 32.2. The van der Waals surface area contributed by atoms with Crippen LogP contribution in [0.5, 0.6) is 0 Å². The Morgan fingerprint density at radius 2 is 1.47 bits per heavy atom. The molecule has 0 aliphatic heterocycles. The zero-order valence-corrected chi connectivity index (χ0v) is 9.58. The largest absolute Gasteiger partial charge is 0.480 e. The number of carboxylic acids is 2. The van der Waals surface area contributed by atoms with Gasteiger partial charge < -0.3 is 20.4 Å². The van der Waals surface area contributed by atoms with E-state index < -0.39 is 23.6 Å². The number of ketones is 1. The quantitative estimate of drug-likeness (QED) is 0.372. The number of aliphatic carboxylic acids is 2. The molecule has 0 radical (unpaired) electrons. The highest BCUT2D eigenvalue weighted by Gasteiger charge is 2.20. The summed E-state index contributed by atoms with van der Waals surface area (Å²) < 4.78 is 0. The Balaban J connectivity index is 0. The molecule has 0 spiro atoms. The van der Waals surface area contributed by atoms with Crippen molar-refractivity contribution in [3.63, 3.8) is 0 Å². The fraction of sp³-hybridized carbons (Fsp3) is 0.500. The van der Waals surface area contributed by atoms with Gasteiger partial charge in [0.15, 0.2) is 0 Å². The molecular weight excluding hydrogens is 232 g/mol. The minimum absolute atomic E-state index is 0.125. The van der Waals surface area contributed by atoms with Crippen molar-refractivity contribution in [3.05, 3.63) is 11.6 Å². The van der Waals surface area contributed by atoms with Gasteiger partial charge >= 0.3 is 11.9 Å². The second kappa shape index (κ2) is 9.49. The maximum atomic E-state index is 10.7. The average molecular weight is 248 g/mol. The van der Waals surface area contributed by atoms with E-state index >= 15 is 0 Å². The minimum Gasteiger partial charge on any atom is -0.480 e. The topological polar surface area (TPSA) is 132 Å². The SMILES string of the molecule is CC(=O)C(C=C(C)C(=O)O)C(=O)O.OCCO. The summed E-state index contributed by atoms with van der Waals surface area (Å²) in [7, 11) is 0. The lowest BCUT2D eigenvalue weighted by Gasteiger charge is -2.02. The molecular formula is C10H16O7. The highest BCUT2D eigenvalue weighted by atomic mass is 16.4. The molecule has 7 nitrogen and oxygen atoms in total. The van der Waals surface area contributed by atoms with Crippen LogP contribution in [-0.4, -0.2) is 51.4 Å². The summed E-state index contributed by atoms with van der Waals surface area (Å²) in [4.78, 5) is 31.5. The van der Waals surface area contributed by atoms with Crippen molar-refractivity contribution in [1.29, 1.82) is 0 Å². The molecule has 0 aromatic carbocycles. The predicted molar refractivity (Wildman–Crippen MR) is 57.4 cm³/mol. The van der Waals surface area contributed by atoms with Crippen LogP contribution in [0.4, 0.5) is 0 Å². The van der Waals surface area contributed by atoms with E-state index in [1.807, 2.05) is 0 Å². The third-order valence-corrected chi connectivity index (χ3v) is 1.56. The fourth-order valence-electron chi connectivity index (χ4n) is 0.684. The van der Waals surface area contributed by atoms with Crippen LogP contribution in [0.3, 0.4) is 0 Å². The van der Waals surface area contributed by atoms with Crippen LogP contribution >= 0.6 is 0 Å². The molecule has 4 N–H and O–H groups in total. The third kappa shape index (κ3) is 9.21. The molecule has 1 atom stereocenters. The number of hydrogen-bond acceptors (Lipinski definition) is 5. The van der Waals surface area contributed by atoms with Crippen molar-refractivity contribution < 1.29 is 34.8 Å². The molecule has 0 aliphatic rings. The van der Waals surface area contributed by atoms with Gasteiger partial charge in [-0.25, -0.2) is 4.79 Å². The number of aliphatic hydroxyl groups excluding tert-OH is 2. The number of rotatable bonds is 5. The molecule has 0 rings (SSSR count). The number of hydrogen-bond donors (Lipinski definition) is 4. The van der Waals surface area contributed by atoms with Gasteiger partial charge in [-0.2, -0.15) is 0 Å². The summed E-state index contributed by atoms with van der Waals surface area (Å²) in [6, 6.07) is 0. The van der Waals surface area contributed by atoms with Gasteiger partial charge in [0.1, 0.15) is 11.7 Å². The second-order valence-electron chi connectivity index (χ2n) is 3.03. The molecule has 1 unspecified atom stereocenters. The zero-order chi connectivity index (χ0) is 14.0. The Bertz CT molecular complexity index is 290. The second-order valence-corrected chi connectivity index (χ2v) is 3.03. The standard InChI is InChI=1S/C8H10O5.C2H6O2/c1-4(7(10)11)3-6(5(2)9)8(12)13;3-1-2-4/h3,6H,1-2H3,(H,10,11)(H,12,13);3-4H,1-2H2. The first kappa shape index (κ1) is 17.7. The first-order valence-electron chi connectivity index (χ1n) is 4.64. The molecule has 0 bridgehead atoms. The highest BCUT2D eigenvalue weighted by molar-refractivity contribution is 6.00. The molecule has 17 heavy (non-hydrogen) atoms. The van der Waals surface area contributed by atoms with Crippen molar-refractivity contribution in [2.45, 2.75) is 13.8 Å². The first-order valence-corrected chi connectivity index (χ1v) is 4.64. The zero-order valence-electron chi connectivity index (χ0n) is 9.58. The summed E-state index contributed by atoms with van der Waals surface area (Å²) in [6.45, 7) is 2.09. The van der Waals surface area contributed by atoms with Crippen LogP contribution in [-0.2, 0) is 14.4 Å². The van der Waals surface area contributed by atoms with E-state index in [1.165, 1.54) is 6.92 Å². The minimum atomic E-state index is -1.36. The molecule has 0 heterocycles. The van der Waals surface area contributed by atoms with Crippen LogP contribution < -0.4 is 0 Å². The van der Waals surface area contributed by atoms with Crippen molar-refractivity contribution in [2.24, 2.45) is 5.92 Å². The van der Waals surface area contributed by atoms with Gasteiger partial charge in [-0.05, 0) is 13.8 Å². The number of carboxylic acid groups (broad SMARTS) is 2. The van der Waals surface area contributed by atoms with Gasteiger partial charge in [-0.1, -0.05) is 6.08 Å². The Morgan fingerprint density at radius 1 is 1.06 bits per heavy atom. The lowest BCUT2D eigenvalue weighted by Crippen LogP contribution is -2.20. The number of Topliss-reactive ketones (excluding diaryl/α,β-unsaturated/α-hetero) is 1. The lowest BCUT2D eigenvalue weighted by molar-refractivity contribution is -0.143. The molecule has 0 aromatic rings. The van der Waals surface area contributed by atoms with E-state index in [9.17, 15) is 14.4 Å². The Labute approximate surface area is 98.0 Å². The average Bonchev–Trinajstić information content (AvgIpc) is 2.24. The van der Waals surface area contributed by atoms with E-state index in [-0.39, 0.29) is 18.8 Å². The summed E-state index contributed by atoms with van der Waals surface area (Å²) in [6.07, 6.45) is 0.924. The van der Waals surface area contributed by atoms with E-state index in [4.69, 9.17) is 20.4 Å². The van der Waals surface area contributed by atoms with Crippen molar-refractivity contribution in [1.82, 2.24) is 0 Å². The monoisotopic (exact) mass is 248 g/mol. The summed E-state index contributed by atoms with van der Waals surface area (Å²) in [5.74, 6) is -4.52. The molecule has 0 amide bonds. The van der Waals surface area contributed by atoms with Crippen molar-refractivity contribution in [2.75, 3.05) is 13.2 Å². The normalized spacial score (nSPS) is 12.1. The van der Waals surface area contributed by atoms with E-state index in [2.05, 4.69) is 0 Å². The van der Waals surface area contributed by atoms with Gasteiger partial charge in [0.25, 0.3) is 0 Å². The molecule has 0 aromatic heterocycles. The first-order chi connectivity index (χ1) is 7.77. The van der Waals surface area contributed by atoms with E-state index in [1.54, 1.807) is 0 Å². The van der Waals surface area contributed by atoms with Crippen molar-refractivity contribution >= 4 is 17.7 Å². The predicted octanol–water partition coefficient (Wildman–Crippen LogP) is -0.722. The summed E-state index contributed by atoms with van der Waals surface area (Å²) in [5.41, 5.74) is -0.150. The molecule has 98 valence electrons. The molecule has 0 fully saturated rings.